The van der Waals surface area contributed by atoms with E-state index in [-0.39, 0.29) is 6.09 Å². The van der Waals surface area contributed by atoms with Crippen LogP contribution in [0, 0.1) is 0 Å². The van der Waals surface area contributed by atoms with Crippen LogP contribution < -0.4 is 0 Å². The molecule has 0 bridgehead atoms. The van der Waals surface area contributed by atoms with Crippen molar-refractivity contribution in [2.45, 2.75) is 6.54 Å². The van der Waals surface area contributed by atoms with Crippen LogP contribution >= 0.6 is 22.9 Å². The highest BCUT2D eigenvalue weighted by Gasteiger charge is 2.21. The average molecular weight is 298 g/mol. The maximum absolute atomic E-state index is 11.4. The fourth-order valence-electron chi connectivity index (χ4n) is 2.01. The predicted molar refractivity (Wildman–Crippen MR) is 73.5 cm³/mol. The van der Waals surface area contributed by atoms with Crippen molar-refractivity contribution in [2.24, 2.45) is 0 Å². The highest BCUT2D eigenvalue weighted by atomic mass is 35.5. The molecule has 7 heteroatoms. The van der Waals surface area contributed by atoms with Crippen LogP contribution in [0.4, 0.5) is 4.79 Å². The molecule has 0 aromatic carbocycles. The van der Waals surface area contributed by atoms with Gasteiger partial charge in [0.15, 0.2) is 0 Å². The molecular formula is C12H12ClN3O2S. The third-order valence-corrected chi connectivity index (χ3v) is 4.19. The van der Waals surface area contributed by atoms with E-state index in [9.17, 15) is 4.79 Å². The minimum absolute atomic E-state index is 0.235. The number of carbonyl (C=O) groups is 1. The first kappa shape index (κ1) is 12.5. The molecule has 0 atom stereocenters. The number of carbonyl (C=O) groups excluding carboxylic acids is 1. The Kier molecular flexibility index (Phi) is 3.44. The second-order valence-corrected chi connectivity index (χ2v) is 5.86. The number of hydrogen-bond donors (Lipinski definition) is 0. The summed E-state index contributed by atoms with van der Waals surface area (Å²) in [5.41, 5.74) is 0. The molecule has 0 radical (unpaired) electrons. The van der Waals surface area contributed by atoms with E-state index in [2.05, 4.69) is 4.98 Å². The summed E-state index contributed by atoms with van der Waals surface area (Å²) < 4.78 is 7.67. The number of ether oxygens (including phenoxy) is 1. The Balaban J connectivity index is 1.72. The number of amides is 1. The average Bonchev–Trinajstić information content (AvgIpc) is 3.07. The molecule has 3 heterocycles. The fourth-order valence-corrected chi connectivity index (χ4v) is 3.06. The van der Waals surface area contributed by atoms with E-state index in [1.54, 1.807) is 11.1 Å². The van der Waals surface area contributed by atoms with Crippen LogP contribution in [0.1, 0.15) is 0 Å². The van der Waals surface area contributed by atoms with Gasteiger partial charge < -0.3 is 14.2 Å². The molecule has 2 aromatic heterocycles. The molecule has 2 aromatic rings. The Morgan fingerprint density at radius 3 is 3.00 bits per heavy atom. The van der Waals surface area contributed by atoms with Crippen molar-refractivity contribution in [1.82, 2.24) is 14.5 Å². The van der Waals surface area contributed by atoms with Crippen molar-refractivity contribution < 1.29 is 9.53 Å². The maximum Gasteiger partial charge on any atom is 0.410 e. The first-order valence-electron chi connectivity index (χ1n) is 5.92. The summed E-state index contributed by atoms with van der Waals surface area (Å²) in [6.07, 6.45) is 3.43. The lowest BCUT2D eigenvalue weighted by Gasteiger charge is -2.13. The second kappa shape index (κ2) is 5.22. The lowest BCUT2D eigenvalue weighted by atomic mass is 10.4. The van der Waals surface area contributed by atoms with Gasteiger partial charge >= 0.3 is 6.09 Å². The summed E-state index contributed by atoms with van der Waals surface area (Å²) in [5.74, 6) is 0.879. The van der Waals surface area contributed by atoms with Crippen molar-refractivity contribution >= 4 is 29.0 Å². The Labute approximate surface area is 119 Å². The molecule has 0 spiro atoms. The van der Waals surface area contributed by atoms with E-state index in [1.165, 1.54) is 11.3 Å². The molecular weight excluding hydrogens is 286 g/mol. The quantitative estimate of drug-likeness (QED) is 0.872. The number of nitrogens with zero attached hydrogens (tertiary/aromatic N) is 3. The lowest BCUT2D eigenvalue weighted by Crippen LogP contribution is -2.28. The van der Waals surface area contributed by atoms with E-state index >= 15 is 0 Å². The molecule has 1 saturated heterocycles. The van der Waals surface area contributed by atoms with Gasteiger partial charge in [0, 0.05) is 25.5 Å². The highest BCUT2D eigenvalue weighted by Crippen LogP contribution is 2.29. The van der Waals surface area contributed by atoms with Gasteiger partial charge in [0.05, 0.1) is 15.8 Å². The van der Waals surface area contributed by atoms with E-state index in [1.807, 2.05) is 22.9 Å². The molecule has 19 heavy (non-hydrogen) atoms. The van der Waals surface area contributed by atoms with Crippen molar-refractivity contribution in [1.29, 1.82) is 0 Å². The minimum atomic E-state index is -0.235. The van der Waals surface area contributed by atoms with Crippen molar-refractivity contribution in [2.75, 3.05) is 19.7 Å². The molecule has 1 fully saturated rings. The number of cyclic esters (lactones) is 1. The summed E-state index contributed by atoms with van der Waals surface area (Å²) in [5, 5.41) is 0. The largest absolute Gasteiger partial charge is 0.448 e. The normalized spacial score (nSPS) is 15.0. The molecule has 0 N–H and O–H groups in total. The van der Waals surface area contributed by atoms with Crippen molar-refractivity contribution in [3.05, 3.63) is 28.9 Å². The van der Waals surface area contributed by atoms with Crippen LogP contribution in [0.3, 0.4) is 0 Å². The molecule has 5 nitrogen and oxygen atoms in total. The second-order valence-electron chi connectivity index (χ2n) is 4.15. The number of imidazole rings is 1. The minimum Gasteiger partial charge on any atom is -0.448 e. The van der Waals surface area contributed by atoms with Crippen molar-refractivity contribution in [3.8, 4) is 10.7 Å². The topological polar surface area (TPSA) is 47.4 Å². The van der Waals surface area contributed by atoms with Gasteiger partial charge in [-0.1, -0.05) is 11.6 Å². The Morgan fingerprint density at radius 2 is 2.32 bits per heavy atom. The van der Waals surface area contributed by atoms with Gasteiger partial charge in [0.1, 0.15) is 12.4 Å². The number of hydrogen-bond acceptors (Lipinski definition) is 4. The van der Waals surface area contributed by atoms with Crippen LogP contribution in [0.25, 0.3) is 10.7 Å². The van der Waals surface area contributed by atoms with E-state index < -0.39 is 0 Å². The lowest BCUT2D eigenvalue weighted by molar-refractivity contribution is 0.157. The van der Waals surface area contributed by atoms with Crippen molar-refractivity contribution in [3.63, 3.8) is 0 Å². The van der Waals surface area contributed by atoms with E-state index in [4.69, 9.17) is 16.3 Å². The zero-order valence-electron chi connectivity index (χ0n) is 10.1. The zero-order chi connectivity index (χ0) is 13.2. The van der Waals surface area contributed by atoms with Gasteiger partial charge in [-0.3, -0.25) is 0 Å². The van der Waals surface area contributed by atoms with Gasteiger partial charge in [0.25, 0.3) is 0 Å². The first-order valence-corrected chi connectivity index (χ1v) is 7.12. The highest BCUT2D eigenvalue weighted by molar-refractivity contribution is 7.19. The van der Waals surface area contributed by atoms with Crippen LogP contribution in [0.15, 0.2) is 24.5 Å². The van der Waals surface area contributed by atoms with Gasteiger partial charge in [-0.2, -0.15) is 0 Å². The molecule has 1 aliphatic rings. The van der Waals surface area contributed by atoms with Gasteiger partial charge in [-0.25, -0.2) is 9.78 Å². The molecule has 100 valence electrons. The van der Waals surface area contributed by atoms with E-state index in [0.717, 1.165) is 15.0 Å². The number of rotatable bonds is 4. The smallest absolute Gasteiger partial charge is 0.410 e. The standard InChI is InChI=1S/C12H12ClN3O2S/c13-10-2-1-9(19-10)11-14-3-4-15(11)5-6-16-7-8-18-12(16)17/h1-4H,5-8H2. The molecule has 0 unspecified atom stereocenters. The predicted octanol–water partition coefficient (Wildman–Crippen LogP) is 2.72. The van der Waals surface area contributed by atoms with Gasteiger partial charge in [0.2, 0.25) is 0 Å². The zero-order valence-corrected chi connectivity index (χ0v) is 11.7. The monoisotopic (exact) mass is 297 g/mol. The summed E-state index contributed by atoms with van der Waals surface area (Å²) in [6.45, 7) is 2.46. The molecule has 0 saturated carbocycles. The third-order valence-electron chi connectivity index (χ3n) is 2.96. The van der Waals surface area contributed by atoms with Gasteiger partial charge in [-0.05, 0) is 12.1 Å². The van der Waals surface area contributed by atoms with E-state index in [0.29, 0.717) is 26.2 Å². The molecule has 1 aliphatic heterocycles. The summed E-state index contributed by atoms with van der Waals surface area (Å²) in [6, 6.07) is 3.81. The Morgan fingerprint density at radius 1 is 1.42 bits per heavy atom. The number of aromatic nitrogens is 2. The number of thiophene rings is 1. The van der Waals surface area contributed by atoms with Crippen LogP contribution in [-0.2, 0) is 11.3 Å². The van der Waals surface area contributed by atoms with Gasteiger partial charge in [-0.15, -0.1) is 11.3 Å². The summed E-state index contributed by atoms with van der Waals surface area (Å²) in [4.78, 5) is 18.4. The fraction of sp³-hybridized carbons (Fsp3) is 0.333. The third kappa shape index (κ3) is 2.59. The number of halogens is 1. The first-order chi connectivity index (χ1) is 9.24. The Bertz CT molecular complexity index is 595. The summed E-state index contributed by atoms with van der Waals surface area (Å²) >= 11 is 7.44. The molecule has 3 rings (SSSR count). The van der Waals surface area contributed by atoms with Crippen LogP contribution in [0.2, 0.25) is 4.34 Å². The molecule has 1 amide bonds. The maximum atomic E-state index is 11.4. The van der Waals surface area contributed by atoms with Crippen LogP contribution in [-0.4, -0.2) is 40.2 Å². The molecule has 0 aliphatic carbocycles. The summed E-state index contributed by atoms with van der Waals surface area (Å²) in [7, 11) is 0. The van der Waals surface area contributed by atoms with Crippen LogP contribution in [0.5, 0.6) is 0 Å². The Hall–Kier alpha value is -1.53. The SMILES string of the molecule is O=C1OCCN1CCn1ccnc1-c1ccc(Cl)s1.